The van der Waals surface area contributed by atoms with Crippen LogP contribution in [-0.2, 0) is 10.4 Å². The molecule has 1 aliphatic heterocycles. The average Bonchev–Trinajstić information content (AvgIpc) is 1.86. The fraction of sp³-hybridized carbons (Fsp3) is 1.00. The van der Waals surface area contributed by atoms with Gasteiger partial charge in [0.05, 0.1) is 0 Å². The molecule has 0 bridgehead atoms. The molecule has 0 unspecified atom stereocenters. The van der Waals surface area contributed by atoms with Crippen LogP contribution < -0.4 is 0 Å². The van der Waals surface area contributed by atoms with Crippen molar-refractivity contribution in [2.75, 3.05) is 13.1 Å². The molecule has 0 saturated carbocycles. The predicted octanol–water partition coefficient (Wildman–Crippen LogP) is 1.06. The van der Waals surface area contributed by atoms with Gasteiger partial charge in [-0.25, -0.2) is 0 Å². The summed E-state index contributed by atoms with van der Waals surface area (Å²) in [6.07, 6.45) is 1.37. The molecule has 11 heavy (non-hydrogen) atoms. The third-order valence-corrected chi connectivity index (χ3v) is 3.59. The second-order valence-electron chi connectivity index (χ2n) is 2.52. The van der Waals surface area contributed by atoms with Crippen molar-refractivity contribution in [1.82, 2.24) is 4.31 Å². The van der Waals surface area contributed by atoms with E-state index in [2.05, 4.69) is 15.9 Å². The van der Waals surface area contributed by atoms with Gasteiger partial charge in [-0.15, -0.1) is 0 Å². The molecule has 0 N–H and O–H groups in total. The highest BCUT2D eigenvalue weighted by Crippen LogP contribution is 2.19. The van der Waals surface area contributed by atoms with Gasteiger partial charge in [0.15, 0.2) is 0 Å². The van der Waals surface area contributed by atoms with Crippen LogP contribution in [0.25, 0.3) is 0 Å². The number of hydrogen-bond acceptors (Lipinski definition) is 2. The molecule has 6 heteroatoms. The van der Waals surface area contributed by atoms with Crippen molar-refractivity contribution >= 4 is 26.3 Å². The van der Waals surface area contributed by atoms with Crippen LogP contribution in [0.1, 0.15) is 12.8 Å². The standard InChI is InChI=1S/C5H9BrFNO2S/c6-5-1-3-8(4-2-5)11(7,9)10/h5H,1-4H2. The molecular formula is C5H9BrFNO2S. The normalized spacial score (nSPS) is 23.8. The molecule has 1 heterocycles. The molecule has 0 amide bonds. The summed E-state index contributed by atoms with van der Waals surface area (Å²) in [6, 6.07) is 0. The fourth-order valence-corrected chi connectivity index (χ4v) is 2.10. The van der Waals surface area contributed by atoms with E-state index in [0.29, 0.717) is 17.7 Å². The van der Waals surface area contributed by atoms with Crippen molar-refractivity contribution in [3.63, 3.8) is 0 Å². The number of alkyl halides is 1. The lowest BCUT2D eigenvalue weighted by Crippen LogP contribution is -2.36. The smallest absolute Gasteiger partial charge is 0.177 e. The van der Waals surface area contributed by atoms with Crippen molar-refractivity contribution in [3.8, 4) is 0 Å². The van der Waals surface area contributed by atoms with Crippen molar-refractivity contribution in [2.24, 2.45) is 0 Å². The van der Waals surface area contributed by atoms with Crippen molar-refractivity contribution < 1.29 is 12.3 Å². The first-order chi connectivity index (χ1) is 5.00. The second kappa shape index (κ2) is 3.37. The summed E-state index contributed by atoms with van der Waals surface area (Å²) < 4.78 is 33.8. The van der Waals surface area contributed by atoms with E-state index in [9.17, 15) is 12.3 Å². The zero-order valence-corrected chi connectivity index (χ0v) is 8.24. The molecule has 1 fully saturated rings. The Morgan fingerprint density at radius 2 is 1.82 bits per heavy atom. The molecule has 1 rings (SSSR count). The first kappa shape index (κ1) is 9.41. The van der Waals surface area contributed by atoms with Crippen LogP contribution >= 0.6 is 15.9 Å². The lowest BCUT2D eigenvalue weighted by Gasteiger charge is -2.24. The van der Waals surface area contributed by atoms with Crippen LogP contribution in [0.4, 0.5) is 3.89 Å². The van der Waals surface area contributed by atoms with Crippen molar-refractivity contribution in [3.05, 3.63) is 0 Å². The highest BCUT2D eigenvalue weighted by molar-refractivity contribution is 9.09. The molecule has 1 aliphatic rings. The second-order valence-corrected chi connectivity index (χ2v) is 5.15. The van der Waals surface area contributed by atoms with Crippen LogP contribution in [-0.4, -0.2) is 30.6 Å². The van der Waals surface area contributed by atoms with Gasteiger partial charge in [-0.2, -0.15) is 12.7 Å². The van der Waals surface area contributed by atoms with Gasteiger partial charge >= 0.3 is 10.4 Å². The number of rotatable bonds is 1. The van der Waals surface area contributed by atoms with Gasteiger partial charge in [-0.1, -0.05) is 19.8 Å². The van der Waals surface area contributed by atoms with Gasteiger partial charge < -0.3 is 0 Å². The molecule has 3 nitrogen and oxygen atoms in total. The molecule has 66 valence electrons. The molecule has 1 saturated heterocycles. The lowest BCUT2D eigenvalue weighted by molar-refractivity contribution is 0.336. The third kappa shape index (κ3) is 2.68. The third-order valence-electron chi connectivity index (χ3n) is 1.69. The van der Waals surface area contributed by atoms with Crippen molar-refractivity contribution in [2.45, 2.75) is 17.7 Å². The van der Waals surface area contributed by atoms with E-state index in [0.717, 1.165) is 4.31 Å². The Morgan fingerprint density at radius 1 is 1.36 bits per heavy atom. The molecule has 0 spiro atoms. The minimum Gasteiger partial charge on any atom is -0.177 e. The first-order valence-electron chi connectivity index (χ1n) is 3.34. The van der Waals surface area contributed by atoms with Crippen molar-refractivity contribution in [1.29, 1.82) is 0 Å². The summed E-state index contributed by atoms with van der Waals surface area (Å²) >= 11 is 3.34. The maximum Gasteiger partial charge on any atom is 0.374 e. The maximum atomic E-state index is 12.3. The SMILES string of the molecule is O=S(=O)(F)N1CCC(Br)CC1. The van der Waals surface area contributed by atoms with E-state index in [1.54, 1.807) is 0 Å². The Balaban J connectivity index is 2.53. The lowest BCUT2D eigenvalue weighted by atomic mass is 10.2. The van der Waals surface area contributed by atoms with Crippen LogP contribution in [0.3, 0.4) is 0 Å². The number of nitrogens with zero attached hydrogens (tertiary/aromatic N) is 1. The zero-order chi connectivity index (χ0) is 8.48. The number of piperidine rings is 1. The Hall–Kier alpha value is 0.320. The van der Waals surface area contributed by atoms with Gasteiger partial charge in [0.1, 0.15) is 0 Å². The van der Waals surface area contributed by atoms with Crippen LogP contribution in [0.15, 0.2) is 0 Å². The highest BCUT2D eigenvalue weighted by Gasteiger charge is 2.25. The van der Waals surface area contributed by atoms with Gasteiger partial charge in [0.25, 0.3) is 0 Å². The maximum absolute atomic E-state index is 12.3. The zero-order valence-electron chi connectivity index (χ0n) is 5.83. The van der Waals surface area contributed by atoms with Crippen LogP contribution in [0.2, 0.25) is 0 Å². The van der Waals surface area contributed by atoms with E-state index in [1.807, 2.05) is 0 Å². The van der Waals surface area contributed by atoms with E-state index >= 15 is 0 Å². The summed E-state index contributed by atoms with van der Waals surface area (Å²) in [7, 11) is -4.44. The Morgan fingerprint density at radius 3 is 2.18 bits per heavy atom. The Kier molecular flexibility index (Phi) is 2.88. The molecule has 0 aromatic rings. The molecule has 0 aromatic heterocycles. The van der Waals surface area contributed by atoms with Gasteiger partial charge in [-0.05, 0) is 12.8 Å². The minimum atomic E-state index is -4.44. The van der Waals surface area contributed by atoms with Crippen LogP contribution in [0, 0.1) is 0 Å². The van der Waals surface area contributed by atoms with Gasteiger partial charge in [0.2, 0.25) is 0 Å². The molecule has 0 atom stereocenters. The summed E-state index contributed by atoms with van der Waals surface area (Å²) in [6.45, 7) is 0.573. The number of hydrogen-bond donors (Lipinski definition) is 0. The molecule has 0 radical (unpaired) electrons. The predicted molar refractivity (Wildman–Crippen MR) is 43.5 cm³/mol. The van der Waals surface area contributed by atoms with Gasteiger partial charge in [0, 0.05) is 17.9 Å². The van der Waals surface area contributed by atoms with E-state index in [-0.39, 0.29) is 13.1 Å². The molecule has 0 aliphatic carbocycles. The average molecular weight is 246 g/mol. The monoisotopic (exact) mass is 245 g/mol. The Labute approximate surface area is 74.0 Å². The topological polar surface area (TPSA) is 37.4 Å². The van der Waals surface area contributed by atoms with Gasteiger partial charge in [-0.3, -0.25) is 0 Å². The number of halogens is 2. The fourth-order valence-electron chi connectivity index (χ4n) is 1.04. The summed E-state index contributed by atoms with van der Waals surface area (Å²) in [5.74, 6) is 0. The molecular weight excluding hydrogens is 237 g/mol. The van der Waals surface area contributed by atoms with E-state index in [1.165, 1.54) is 0 Å². The van der Waals surface area contributed by atoms with E-state index < -0.39 is 10.4 Å². The summed E-state index contributed by atoms with van der Waals surface area (Å²) in [5, 5.41) is 0. The summed E-state index contributed by atoms with van der Waals surface area (Å²) in [5.41, 5.74) is 0. The quantitative estimate of drug-likeness (QED) is 0.512. The first-order valence-corrected chi connectivity index (χ1v) is 5.59. The van der Waals surface area contributed by atoms with E-state index in [4.69, 9.17) is 0 Å². The minimum absolute atomic E-state index is 0.286. The largest absolute Gasteiger partial charge is 0.374 e. The molecule has 0 aromatic carbocycles. The Bertz CT molecular complexity index is 223. The summed E-state index contributed by atoms with van der Waals surface area (Å²) in [4.78, 5) is 0.334. The highest BCUT2D eigenvalue weighted by atomic mass is 79.9. The van der Waals surface area contributed by atoms with Crippen LogP contribution in [0.5, 0.6) is 0 Å².